The highest BCUT2D eigenvalue weighted by molar-refractivity contribution is 5.96. The van der Waals surface area contributed by atoms with Crippen molar-refractivity contribution >= 4 is 23.2 Å². The lowest BCUT2D eigenvalue weighted by Gasteiger charge is -2.30. The maximum atomic E-state index is 12.8. The molecule has 0 N–H and O–H groups in total. The van der Waals surface area contributed by atoms with E-state index in [0.717, 1.165) is 16.9 Å². The molecule has 0 bridgehead atoms. The molecule has 2 aromatic carbocycles. The van der Waals surface area contributed by atoms with Crippen molar-refractivity contribution in [2.75, 3.05) is 22.9 Å². The Balaban J connectivity index is 2.21. The van der Waals surface area contributed by atoms with Crippen molar-refractivity contribution in [3.05, 3.63) is 60.2 Å². The number of hydrogen-bond acceptors (Lipinski definition) is 2. The van der Waals surface area contributed by atoms with E-state index >= 15 is 0 Å². The molecule has 0 fully saturated rings. The predicted molar refractivity (Wildman–Crippen MR) is 112 cm³/mol. The number of anilines is 2. The zero-order valence-electron chi connectivity index (χ0n) is 17.0. The lowest BCUT2D eigenvalue weighted by atomic mass is 9.85. The number of hydrogen-bond donors (Lipinski definition) is 0. The second kappa shape index (κ2) is 8.85. The van der Waals surface area contributed by atoms with Gasteiger partial charge in [0.25, 0.3) is 0 Å². The molecule has 0 saturated heterocycles. The van der Waals surface area contributed by atoms with Gasteiger partial charge in [0, 0.05) is 37.8 Å². The predicted octanol–water partition coefficient (Wildman–Crippen LogP) is 4.78. The van der Waals surface area contributed by atoms with Gasteiger partial charge >= 0.3 is 0 Å². The molecule has 144 valence electrons. The van der Waals surface area contributed by atoms with Crippen LogP contribution in [0.25, 0.3) is 0 Å². The summed E-state index contributed by atoms with van der Waals surface area (Å²) in [4.78, 5) is 28.6. The molecule has 4 nitrogen and oxygen atoms in total. The lowest BCUT2D eigenvalue weighted by molar-refractivity contribution is -0.118. The van der Waals surface area contributed by atoms with E-state index < -0.39 is 0 Å². The van der Waals surface area contributed by atoms with Gasteiger partial charge in [-0.05, 0) is 36.1 Å². The monoisotopic (exact) mass is 366 g/mol. The van der Waals surface area contributed by atoms with Crippen LogP contribution in [0.5, 0.6) is 0 Å². The fourth-order valence-electron chi connectivity index (χ4n) is 3.24. The molecule has 2 aromatic rings. The Hall–Kier alpha value is -2.62. The maximum Gasteiger partial charge on any atom is 0.228 e. The highest BCUT2D eigenvalue weighted by Gasteiger charge is 2.24. The highest BCUT2D eigenvalue weighted by Crippen LogP contribution is 2.32. The van der Waals surface area contributed by atoms with Crippen LogP contribution in [-0.4, -0.2) is 24.9 Å². The molecule has 2 amide bonds. The number of para-hydroxylation sites is 2. The fourth-order valence-corrected chi connectivity index (χ4v) is 3.24. The van der Waals surface area contributed by atoms with E-state index in [2.05, 4.69) is 26.8 Å². The number of nitrogens with zero attached hydrogens (tertiary/aromatic N) is 2. The van der Waals surface area contributed by atoms with Crippen molar-refractivity contribution in [1.29, 1.82) is 0 Å². The van der Waals surface area contributed by atoms with Gasteiger partial charge in [-0.25, -0.2) is 0 Å². The van der Waals surface area contributed by atoms with E-state index in [-0.39, 0.29) is 23.7 Å². The van der Waals surface area contributed by atoms with Crippen molar-refractivity contribution in [2.45, 2.75) is 46.5 Å². The van der Waals surface area contributed by atoms with Gasteiger partial charge in [-0.1, -0.05) is 57.2 Å². The van der Waals surface area contributed by atoms with Crippen molar-refractivity contribution in [2.24, 2.45) is 0 Å². The van der Waals surface area contributed by atoms with Crippen LogP contribution >= 0.6 is 0 Å². The van der Waals surface area contributed by atoms with E-state index in [1.54, 1.807) is 16.7 Å². The van der Waals surface area contributed by atoms with Crippen LogP contribution in [0.15, 0.2) is 54.6 Å². The van der Waals surface area contributed by atoms with Gasteiger partial charge in [0.2, 0.25) is 11.8 Å². The summed E-state index contributed by atoms with van der Waals surface area (Å²) < 4.78 is 0. The van der Waals surface area contributed by atoms with Gasteiger partial charge < -0.3 is 9.80 Å². The topological polar surface area (TPSA) is 40.6 Å². The molecule has 0 saturated carbocycles. The summed E-state index contributed by atoms with van der Waals surface area (Å²) in [5.41, 5.74) is 2.78. The van der Waals surface area contributed by atoms with Crippen molar-refractivity contribution < 1.29 is 9.59 Å². The molecular weight excluding hydrogens is 336 g/mol. The zero-order chi connectivity index (χ0) is 20.0. The minimum absolute atomic E-state index is 0.0168. The highest BCUT2D eigenvalue weighted by atomic mass is 16.2. The molecule has 0 aromatic heterocycles. The van der Waals surface area contributed by atoms with Gasteiger partial charge in [0.15, 0.2) is 0 Å². The van der Waals surface area contributed by atoms with E-state index in [9.17, 15) is 9.59 Å². The number of rotatable bonds is 6. The van der Waals surface area contributed by atoms with E-state index in [4.69, 9.17) is 0 Å². The van der Waals surface area contributed by atoms with Crippen LogP contribution in [0.2, 0.25) is 0 Å². The summed E-state index contributed by atoms with van der Waals surface area (Å²) in [7, 11) is 0. The molecule has 0 unspecified atom stereocenters. The summed E-state index contributed by atoms with van der Waals surface area (Å²) >= 11 is 0. The standard InChI is InChI=1S/C23H30N2O2/c1-6-24(19-12-8-7-9-13-19)22(27)16-17-25(18(2)26)21-15-11-10-14-20(21)23(3,4)5/h7-15H,6,16-17H2,1-5H3. The van der Waals surface area contributed by atoms with Crippen LogP contribution in [0.3, 0.4) is 0 Å². The minimum Gasteiger partial charge on any atom is -0.313 e. The van der Waals surface area contributed by atoms with Crippen LogP contribution in [-0.2, 0) is 15.0 Å². The first-order valence-electron chi connectivity index (χ1n) is 9.48. The average molecular weight is 367 g/mol. The number of carbonyl (C=O) groups excluding carboxylic acids is 2. The number of amides is 2. The largest absolute Gasteiger partial charge is 0.313 e. The molecule has 4 heteroatoms. The maximum absolute atomic E-state index is 12.8. The quantitative estimate of drug-likeness (QED) is 0.738. The number of benzene rings is 2. The molecule has 27 heavy (non-hydrogen) atoms. The first-order chi connectivity index (χ1) is 12.8. The Morgan fingerprint density at radius 2 is 1.48 bits per heavy atom. The van der Waals surface area contributed by atoms with Crippen molar-refractivity contribution in [3.8, 4) is 0 Å². The van der Waals surface area contributed by atoms with Crippen LogP contribution < -0.4 is 9.80 Å². The van der Waals surface area contributed by atoms with Gasteiger partial charge in [-0.15, -0.1) is 0 Å². The minimum atomic E-state index is -0.0895. The Bertz CT molecular complexity index is 778. The van der Waals surface area contributed by atoms with Gasteiger partial charge in [0.1, 0.15) is 0 Å². The molecule has 0 aliphatic rings. The third-order valence-electron chi connectivity index (χ3n) is 4.62. The Kier molecular flexibility index (Phi) is 6.78. The first kappa shape index (κ1) is 20.7. The van der Waals surface area contributed by atoms with Crippen molar-refractivity contribution in [1.82, 2.24) is 0 Å². The number of carbonyl (C=O) groups is 2. The summed E-state index contributed by atoms with van der Waals surface area (Å²) in [6, 6.07) is 17.6. The second-order valence-corrected chi connectivity index (χ2v) is 7.66. The Morgan fingerprint density at radius 3 is 2.04 bits per heavy atom. The summed E-state index contributed by atoms with van der Waals surface area (Å²) in [5.74, 6) is -0.0366. The molecule has 0 aliphatic heterocycles. The summed E-state index contributed by atoms with van der Waals surface area (Å²) in [5, 5.41) is 0. The SMILES string of the molecule is CCN(C(=O)CCN(C(C)=O)c1ccccc1C(C)(C)C)c1ccccc1. The van der Waals surface area contributed by atoms with Gasteiger partial charge in [0.05, 0.1) is 0 Å². The third-order valence-corrected chi connectivity index (χ3v) is 4.62. The van der Waals surface area contributed by atoms with Gasteiger partial charge in [-0.3, -0.25) is 9.59 Å². The van der Waals surface area contributed by atoms with Gasteiger partial charge in [-0.2, -0.15) is 0 Å². The molecular formula is C23H30N2O2. The molecule has 0 radical (unpaired) electrons. The summed E-state index contributed by atoms with van der Waals surface area (Å²) in [6.45, 7) is 10.9. The van der Waals surface area contributed by atoms with Crippen molar-refractivity contribution in [3.63, 3.8) is 0 Å². The van der Waals surface area contributed by atoms with Crippen LogP contribution in [0, 0.1) is 0 Å². The molecule has 0 heterocycles. The molecule has 2 rings (SSSR count). The zero-order valence-corrected chi connectivity index (χ0v) is 17.0. The van der Waals surface area contributed by atoms with E-state index in [1.807, 2.05) is 55.5 Å². The average Bonchev–Trinajstić information content (AvgIpc) is 2.62. The van der Waals surface area contributed by atoms with Crippen LogP contribution in [0.1, 0.15) is 46.6 Å². The normalized spacial score (nSPS) is 11.1. The molecule has 0 spiro atoms. The molecule has 0 atom stereocenters. The smallest absolute Gasteiger partial charge is 0.228 e. The van der Waals surface area contributed by atoms with E-state index in [1.165, 1.54) is 0 Å². The Morgan fingerprint density at radius 1 is 0.889 bits per heavy atom. The first-order valence-corrected chi connectivity index (χ1v) is 9.48. The lowest BCUT2D eigenvalue weighted by Crippen LogP contribution is -2.37. The fraction of sp³-hybridized carbons (Fsp3) is 0.391. The third kappa shape index (κ3) is 5.19. The van der Waals surface area contributed by atoms with E-state index in [0.29, 0.717) is 13.1 Å². The second-order valence-electron chi connectivity index (χ2n) is 7.66. The molecule has 0 aliphatic carbocycles. The Labute approximate surface area is 162 Å². The van der Waals surface area contributed by atoms with Crippen LogP contribution in [0.4, 0.5) is 11.4 Å². The summed E-state index contributed by atoms with van der Waals surface area (Å²) in [6.07, 6.45) is 0.279.